The standard InChI is InChI=1S/C29H38ClN3O6/c1-18(2)14-23(26(34)32-25(28(36)37)16-20-10-12-22(30)13-11-20)31-27(35)24(15-19(3)4)33-29(38)39-17-21-8-6-5-7-9-21/h5-13,18-19,23-25H,14-17H2,1-4H3,(H,31,35)(H,32,34)(H,33,38)(H,36,37)/t23-,24-,25-/m0/s1. The van der Waals surface area contributed by atoms with E-state index in [-0.39, 0.29) is 31.3 Å². The molecule has 0 saturated heterocycles. The molecule has 212 valence electrons. The van der Waals surface area contributed by atoms with Gasteiger partial charge in [-0.15, -0.1) is 0 Å². The highest BCUT2D eigenvalue weighted by Gasteiger charge is 2.30. The number of halogens is 1. The average Bonchev–Trinajstić information content (AvgIpc) is 2.87. The van der Waals surface area contributed by atoms with Crippen molar-refractivity contribution in [3.05, 3.63) is 70.7 Å². The molecule has 0 spiro atoms. The fourth-order valence-corrected chi connectivity index (χ4v) is 4.04. The van der Waals surface area contributed by atoms with Crippen LogP contribution in [0, 0.1) is 11.8 Å². The molecule has 10 heteroatoms. The molecule has 9 nitrogen and oxygen atoms in total. The van der Waals surface area contributed by atoms with E-state index in [0.29, 0.717) is 17.0 Å². The van der Waals surface area contributed by atoms with Crippen molar-refractivity contribution in [3.63, 3.8) is 0 Å². The molecule has 0 aliphatic heterocycles. The number of benzene rings is 2. The molecule has 0 radical (unpaired) electrons. The molecule has 0 bridgehead atoms. The normalized spacial score (nSPS) is 13.3. The first-order chi connectivity index (χ1) is 18.4. The van der Waals surface area contributed by atoms with Gasteiger partial charge in [0.05, 0.1) is 0 Å². The summed E-state index contributed by atoms with van der Waals surface area (Å²) < 4.78 is 5.27. The maximum Gasteiger partial charge on any atom is 0.408 e. The summed E-state index contributed by atoms with van der Waals surface area (Å²) in [7, 11) is 0. The van der Waals surface area contributed by atoms with E-state index in [1.807, 2.05) is 58.0 Å². The van der Waals surface area contributed by atoms with Crippen LogP contribution in [0.25, 0.3) is 0 Å². The molecule has 0 saturated carbocycles. The molecule has 39 heavy (non-hydrogen) atoms. The van der Waals surface area contributed by atoms with E-state index in [4.69, 9.17) is 16.3 Å². The fraction of sp³-hybridized carbons (Fsp3) is 0.448. The summed E-state index contributed by atoms with van der Waals surface area (Å²) in [6, 6.07) is 12.7. The lowest BCUT2D eigenvalue weighted by Gasteiger charge is -2.26. The van der Waals surface area contributed by atoms with Crippen molar-refractivity contribution >= 4 is 35.5 Å². The van der Waals surface area contributed by atoms with Crippen molar-refractivity contribution < 1.29 is 29.0 Å². The van der Waals surface area contributed by atoms with Gasteiger partial charge in [0, 0.05) is 11.4 Å². The van der Waals surface area contributed by atoms with Crippen molar-refractivity contribution in [2.75, 3.05) is 0 Å². The average molecular weight is 560 g/mol. The molecule has 3 atom stereocenters. The van der Waals surface area contributed by atoms with Gasteiger partial charge in [-0.3, -0.25) is 9.59 Å². The van der Waals surface area contributed by atoms with Gasteiger partial charge in [0.25, 0.3) is 0 Å². The van der Waals surface area contributed by atoms with E-state index < -0.39 is 42.0 Å². The Kier molecular flexibility index (Phi) is 12.8. The minimum Gasteiger partial charge on any atom is -0.480 e. The molecule has 4 N–H and O–H groups in total. The molecule has 0 aliphatic rings. The summed E-state index contributed by atoms with van der Waals surface area (Å²) in [6.07, 6.45) is -0.113. The van der Waals surface area contributed by atoms with Crippen LogP contribution in [-0.4, -0.2) is 47.1 Å². The fourth-order valence-electron chi connectivity index (χ4n) is 3.91. The molecular formula is C29H38ClN3O6. The van der Waals surface area contributed by atoms with Crippen molar-refractivity contribution in [3.8, 4) is 0 Å². The number of carbonyl (C=O) groups excluding carboxylic acids is 3. The third kappa shape index (κ3) is 11.8. The second-order valence-corrected chi connectivity index (χ2v) is 10.7. The predicted octanol–water partition coefficient (Wildman–Crippen LogP) is 4.32. The summed E-state index contributed by atoms with van der Waals surface area (Å²) >= 11 is 5.91. The Morgan fingerprint density at radius 3 is 1.77 bits per heavy atom. The lowest BCUT2D eigenvalue weighted by atomic mass is 9.99. The van der Waals surface area contributed by atoms with Gasteiger partial charge < -0.3 is 25.8 Å². The second-order valence-electron chi connectivity index (χ2n) is 10.3. The summed E-state index contributed by atoms with van der Waals surface area (Å²) in [5, 5.41) is 18.1. The number of carbonyl (C=O) groups is 4. The Morgan fingerprint density at radius 1 is 0.744 bits per heavy atom. The van der Waals surface area contributed by atoms with Crippen molar-refractivity contribution in [1.29, 1.82) is 0 Å². The number of nitrogens with one attached hydrogen (secondary N) is 3. The van der Waals surface area contributed by atoms with E-state index in [2.05, 4.69) is 16.0 Å². The predicted molar refractivity (Wildman–Crippen MR) is 149 cm³/mol. The number of hydrogen-bond acceptors (Lipinski definition) is 5. The molecule has 0 heterocycles. The number of carboxylic acid groups (broad SMARTS) is 1. The van der Waals surface area contributed by atoms with Crippen LogP contribution in [0.2, 0.25) is 5.02 Å². The van der Waals surface area contributed by atoms with Gasteiger partial charge in [-0.05, 0) is 47.9 Å². The largest absolute Gasteiger partial charge is 0.480 e. The first kappa shape index (κ1) is 31.6. The SMILES string of the molecule is CC(C)C[C@H](NC(=O)OCc1ccccc1)C(=O)N[C@@H](CC(C)C)C(=O)N[C@@H](Cc1ccc(Cl)cc1)C(=O)O. The van der Waals surface area contributed by atoms with Gasteiger partial charge in [-0.2, -0.15) is 0 Å². The molecule has 0 fully saturated rings. The Hall–Kier alpha value is -3.59. The highest BCUT2D eigenvalue weighted by atomic mass is 35.5. The zero-order valence-corrected chi connectivity index (χ0v) is 23.5. The zero-order valence-electron chi connectivity index (χ0n) is 22.8. The number of alkyl carbamates (subject to hydrolysis) is 1. The van der Waals surface area contributed by atoms with E-state index >= 15 is 0 Å². The minimum absolute atomic E-state index is 0.0212. The van der Waals surface area contributed by atoms with Crippen LogP contribution < -0.4 is 16.0 Å². The molecule has 0 aliphatic carbocycles. The minimum atomic E-state index is -1.21. The number of hydrogen-bond donors (Lipinski definition) is 4. The van der Waals surface area contributed by atoms with E-state index in [0.717, 1.165) is 5.56 Å². The van der Waals surface area contributed by atoms with Crippen LogP contribution in [0.1, 0.15) is 51.7 Å². The summed E-state index contributed by atoms with van der Waals surface area (Å²) in [5.74, 6) is -2.29. The van der Waals surface area contributed by atoms with E-state index in [1.54, 1.807) is 24.3 Å². The van der Waals surface area contributed by atoms with Crippen LogP contribution in [0.4, 0.5) is 4.79 Å². The Labute approximate surface area is 234 Å². The Balaban J connectivity index is 2.08. The lowest BCUT2D eigenvalue weighted by molar-refractivity contribution is -0.142. The lowest BCUT2D eigenvalue weighted by Crippen LogP contribution is -2.56. The maximum absolute atomic E-state index is 13.2. The highest BCUT2D eigenvalue weighted by molar-refractivity contribution is 6.30. The zero-order chi connectivity index (χ0) is 28.9. The topological polar surface area (TPSA) is 134 Å². The quantitative estimate of drug-likeness (QED) is 0.272. The molecule has 0 aromatic heterocycles. The number of aliphatic carboxylic acids is 1. The third-order valence-electron chi connectivity index (χ3n) is 5.84. The molecule has 2 aromatic rings. The van der Waals surface area contributed by atoms with Crippen LogP contribution in [-0.2, 0) is 32.1 Å². The monoisotopic (exact) mass is 559 g/mol. The number of amides is 3. The molecule has 2 aromatic carbocycles. The summed E-state index contributed by atoms with van der Waals surface area (Å²) in [6.45, 7) is 7.64. The van der Waals surface area contributed by atoms with Crippen molar-refractivity contribution in [1.82, 2.24) is 16.0 Å². The Bertz CT molecular complexity index is 1090. The van der Waals surface area contributed by atoms with Crippen LogP contribution in [0.15, 0.2) is 54.6 Å². The van der Waals surface area contributed by atoms with Gasteiger partial charge in [-0.1, -0.05) is 81.8 Å². The third-order valence-corrected chi connectivity index (χ3v) is 6.09. The van der Waals surface area contributed by atoms with Crippen molar-refractivity contribution in [2.24, 2.45) is 11.8 Å². The molecule has 0 unspecified atom stereocenters. The number of rotatable bonds is 14. The summed E-state index contributed by atoms with van der Waals surface area (Å²) in [4.78, 5) is 50.8. The van der Waals surface area contributed by atoms with Crippen molar-refractivity contribution in [2.45, 2.75) is 71.7 Å². The smallest absolute Gasteiger partial charge is 0.408 e. The van der Waals surface area contributed by atoms with Crippen LogP contribution in [0.3, 0.4) is 0 Å². The summed E-state index contributed by atoms with van der Waals surface area (Å²) in [5.41, 5.74) is 1.49. The van der Waals surface area contributed by atoms with Gasteiger partial charge in [0.2, 0.25) is 11.8 Å². The van der Waals surface area contributed by atoms with E-state index in [1.165, 1.54) is 0 Å². The van der Waals surface area contributed by atoms with E-state index in [9.17, 15) is 24.3 Å². The van der Waals surface area contributed by atoms with Gasteiger partial charge in [-0.25, -0.2) is 9.59 Å². The molecular weight excluding hydrogens is 522 g/mol. The van der Waals surface area contributed by atoms with Crippen LogP contribution in [0.5, 0.6) is 0 Å². The highest BCUT2D eigenvalue weighted by Crippen LogP contribution is 2.13. The Morgan fingerprint density at radius 2 is 1.26 bits per heavy atom. The number of ether oxygens (including phenoxy) is 1. The van der Waals surface area contributed by atoms with Gasteiger partial charge in [0.15, 0.2) is 0 Å². The molecule has 3 amide bonds. The first-order valence-corrected chi connectivity index (χ1v) is 13.4. The maximum atomic E-state index is 13.2. The molecule has 2 rings (SSSR count). The second kappa shape index (κ2) is 15.7. The van der Waals surface area contributed by atoms with Gasteiger partial charge in [0.1, 0.15) is 24.7 Å². The first-order valence-electron chi connectivity index (χ1n) is 13.0. The van der Waals surface area contributed by atoms with Gasteiger partial charge >= 0.3 is 12.1 Å². The number of carboxylic acids is 1. The van der Waals surface area contributed by atoms with Crippen LogP contribution >= 0.6 is 11.6 Å².